The first kappa shape index (κ1) is 14.2. The van der Waals surface area contributed by atoms with Crippen LogP contribution < -0.4 is 5.32 Å². The number of nitrogens with zero attached hydrogens (tertiary/aromatic N) is 3. The first-order chi connectivity index (χ1) is 10.3. The van der Waals surface area contributed by atoms with Crippen LogP contribution in [0.1, 0.15) is 11.3 Å². The van der Waals surface area contributed by atoms with E-state index < -0.39 is 0 Å². The average molecular weight is 298 g/mol. The summed E-state index contributed by atoms with van der Waals surface area (Å²) < 4.78 is 0. The molecule has 3 rings (SSSR count). The van der Waals surface area contributed by atoms with Crippen LogP contribution in [0.2, 0.25) is 0 Å². The first-order valence-corrected chi connectivity index (χ1v) is 8.00. The van der Waals surface area contributed by atoms with E-state index in [1.807, 2.05) is 0 Å². The fraction of sp³-hybridized carbons (Fsp3) is 0.375. The Kier molecular flexibility index (Phi) is 4.30. The molecule has 5 heteroatoms. The van der Waals surface area contributed by atoms with Crippen LogP contribution in [0.15, 0.2) is 29.6 Å². The van der Waals surface area contributed by atoms with Crippen molar-refractivity contribution < 1.29 is 0 Å². The largest absolute Gasteiger partial charge is 0.313 e. The molecule has 0 saturated carbocycles. The maximum absolute atomic E-state index is 9.20. The summed E-state index contributed by atoms with van der Waals surface area (Å²) in [5.41, 5.74) is 3.47. The van der Waals surface area contributed by atoms with Gasteiger partial charge in [-0.1, -0.05) is 29.8 Å². The van der Waals surface area contributed by atoms with Gasteiger partial charge in [0.25, 0.3) is 0 Å². The number of aromatic nitrogens is 1. The summed E-state index contributed by atoms with van der Waals surface area (Å²) in [6.45, 7) is 5.42. The summed E-state index contributed by atoms with van der Waals surface area (Å²) in [6.07, 6.45) is 0. The van der Waals surface area contributed by atoms with Gasteiger partial charge < -0.3 is 5.32 Å². The van der Waals surface area contributed by atoms with E-state index in [0.29, 0.717) is 0 Å². The number of hydrogen-bond donors (Lipinski definition) is 1. The van der Waals surface area contributed by atoms with E-state index in [4.69, 9.17) is 4.98 Å². The molecule has 1 aliphatic rings. The van der Waals surface area contributed by atoms with Gasteiger partial charge in [0.1, 0.15) is 11.0 Å². The highest BCUT2D eigenvalue weighted by Gasteiger charge is 2.22. The number of rotatable bonds is 3. The van der Waals surface area contributed by atoms with E-state index in [2.05, 4.69) is 52.9 Å². The van der Waals surface area contributed by atoms with E-state index in [1.165, 1.54) is 5.56 Å². The summed E-state index contributed by atoms with van der Waals surface area (Å²) in [6, 6.07) is 10.7. The number of benzene rings is 1. The second-order valence-corrected chi connectivity index (χ2v) is 6.19. The van der Waals surface area contributed by atoms with Gasteiger partial charge in [-0.2, -0.15) is 5.26 Å². The highest BCUT2D eigenvalue weighted by molar-refractivity contribution is 7.13. The third-order valence-corrected chi connectivity index (χ3v) is 4.66. The molecule has 1 aliphatic heterocycles. The van der Waals surface area contributed by atoms with Crippen molar-refractivity contribution in [1.29, 1.82) is 5.26 Å². The standard InChI is InChI=1S/C16H18N4S/c1-12-2-4-13(5-3-12)16-19-14(11-21-16)10-20-7-6-18-9-15(20)8-17/h2-5,11,15,18H,6-7,9-10H2,1H3. The molecular formula is C16H18N4S. The number of piperazine rings is 1. The number of nitriles is 1. The SMILES string of the molecule is Cc1ccc(-c2nc(CN3CCNCC3C#N)cs2)cc1. The molecule has 1 aromatic carbocycles. The molecule has 4 nitrogen and oxygen atoms in total. The minimum atomic E-state index is -0.0525. The zero-order valence-corrected chi connectivity index (χ0v) is 12.9. The van der Waals surface area contributed by atoms with Crippen LogP contribution in [0, 0.1) is 18.3 Å². The molecule has 1 saturated heterocycles. The number of thiazole rings is 1. The van der Waals surface area contributed by atoms with Gasteiger partial charge in [-0.25, -0.2) is 4.98 Å². The Labute approximate surface area is 129 Å². The molecule has 1 aromatic heterocycles. The molecule has 108 valence electrons. The van der Waals surface area contributed by atoms with Crippen LogP contribution in [-0.4, -0.2) is 35.6 Å². The summed E-state index contributed by atoms with van der Waals surface area (Å²) >= 11 is 1.67. The molecule has 0 radical (unpaired) electrons. The number of nitrogens with one attached hydrogen (secondary N) is 1. The van der Waals surface area contributed by atoms with Gasteiger partial charge >= 0.3 is 0 Å². The van der Waals surface area contributed by atoms with Crippen LogP contribution in [0.4, 0.5) is 0 Å². The lowest BCUT2D eigenvalue weighted by molar-refractivity contribution is 0.187. The van der Waals surface area contributed by atoms with Gasteiger partial charge in [0.15, 0.2) is 0 Å². The van der Waals surface area contributed by atoms with Crippen molar-refractivity contribution in [2.24, 2.45) is 0 Å². The maximum Gasteiger partial charge on any atom is 0.123 e. The van der Waals surface area contributed by atoms with E-state index in [9.17, 15) is 5.26 Å². The maximum atomic E-state index is 9.20. The van der Waals surface area contributed by atoms with E-state index in [1.54, 1.807) is 11.3 Å². The van der Waals surface area contributed by atoms with Gasteiger partial charge in [0.2, 0.25) is 0 Å². The average Bonchev–Trinajstić information content (AvgIpc) is 2.97. The van der Waals surface area contributed by atoms with Crippen molar-refractivity contribution in [2.75, 3.05) is 19.6 Å². The molecule has 2 aromatic rings. The second kappa shape index (κ2) is 6.35. The Morgan fingerprint density at radius 3 is 3.00 bits per heavy atom. The summed E-state index contributed by atoms with van der Waals surface area (Å²) in [5.74, 6) is 0. The van der Waals surface area contributed by atoms with Crippen molar-refractivity contribution in [3.05, 3.63) is 40.9 Å². The van der Waals surface area contributed by atoms with Crippen LogP contribution in [-0.2, 0) is 6.54 Å². The van der Waals surface area contributed by atoms with Crippen molar-refractivity contribution in [2.45, 2.75) is 19.5 Å². The molecule has 1 unspecified atom stereocenters. The summed E-state index contributed by atoms with van der Waals surface area (Å²) in [5, 5.41) is 15.6. The number of hydrogen-bond acceptors (Lipinski definition) is 5. The Morgan fingerprint density at radius 2 is 2.24 bits per heavy atom. The van der Waals surface area contributed by atoms with Gasteiger partial charge in [-0.3, -0.25) is 4.90 Å². The summed E-state index contributed by atoms with van der Waals surface area (Å²) in [4.78, 5) is 6.92. The molecule has 1 N–H and O–H groups in total. The van der Waals surface area contributed by atoms with Crippen LogP contribution >= 0.6 is 11.3 Å². The highest BCUT2D eigenvalue weighted by Crippen LogP contribution is 2.24. The van der Waals surface area contributed by atoms with Crippen LogP contribution in [0.3, 0.4) is 0 Å². The lowest BCUT2D eigenvalue weighted by Crippen LogP contribution is -2.50. The normalized spacial score (nSPS) is 19.3. The van der Waals surface area contributed by atoms with Gasteiger partial charge in [0.05, 0.1) is 11.8 Å². The van der Waals surface area contributed by atoms with Gasteiger partial charge in [-0.15, -0.1) is 11.3 Å². The van der Waals surface area contributed by atoms with E-state index in [-0.39, 0.29) is 6.04 Å². The minimum absolute atomic E-state index is 0.0525. The summed E-state index contributed by atoms with van der Waals surface area (Å²) in [7, 11) is 0. The van der Waals surface area contributed by atoms with Gasteiger partial charge in [0, 0.05) is 37.1 Å². The predicted octanol–water partition coefficient (Wildman–Crippen LogP) is 2.42. The fourth-order valence-corrected chi connectivity index (χ4v) is 3.30. The fourth-order valence-electron chi connectivity index (χ4n) is 2.48. The van der Waals surface area contributed by atoms with E-state index >= 15 is 0 Å². The molecule has 21 heavy (non-hydrogen) atoms. The zero-order chi connectivity index (χ0) is 14.7. The molecule has 1 atom stereocenters. The Morgan fingerprint density at radius 1 is 1.43 bits per heavy atom. The minimum Gasteiger partial charge on any atom is -0.313 e. The quantitative estimate of drug-likeness (QED) is 0.945. The molecule has 0 amide bonds. The van der Waals surface area contributed by atoms with Crippen molar-refractivity contribution in [3.63, 3.8) is 0 Å². The van der Waals surface area contributed by atoms with Crippen molar-refractivity contribution >= 4 is 11.3 Å². The molecule has 0 aliphatic carbocycles. The molecule has 2 heterocycles. The predicted molar refractivity (Wildman–Crippen MR) is 85.0 cm³/mol. The smallest absolute Gasteiger partial charge is 0.123 e. The Bertz CT molecular complexity index is 641. The van der Waals surface area contributed by atoms with Gasteiger partial charge in [-0.05, 0) is 6.92 Å². The lowest BCUT2D eigenvalue weighted by Gasteiger charge is -2.31. The third-order valence-electron chi connectivity index (χ3n) is 3.72. The third kappa shape index (κ3) is 3.30. The van der Waals surface area contributed by atoms with Crippen LogP contribution in [0.5, 0.6) is 0 Å². The monoisotopic (exact) mass is 298 g/mol. The van der Waals surface area contributed by atoms with Crippen LogP contribution in [0.25, 0.3) is 10.6 Å². The molecular weight excluding hydrogens is 280 g/mol. The molecule has 0 spiro atoms. The Balaban J connectivity index is 1.73. The lowest BCUT2D eigenvalue weighted by atomic mass is 10.2. The number of aryl methyl sites for hydroxylation is 1. The first-order valence-electron chi connectivity index (χ1n) is 7.12. The van der Waals surface area contributed by atoms with Crippen molar-refractivity contribution in [1.82, 2.24) is 15.2 Å². The molecule has 1 fully saturated rings. The topological polar surface area (TPSA) is 52.0 Å². The van der Waals surface area contributed by atoms with Crippen molar-refractivity contribution in [3.8, 4) is 16.6 Å². The second-order valence-electron chi connectivity index (χ2n) is 5.33. The highest BCUT2D eigenvalue weighted by atomic mass is 32.1. The van der Waals surface area contributed by atoms with E-state index in [0.717, 1.165) is 42.4 Å². The molecule has 0 bridgehead atoms. The Hall–Kier alpha value is -1.74. The zero-order valence-electron chi connectivity index (χ0n) is 12.0.